The van der Waals surface area contributed by atoms with E-state index in [2.05, 4.69) is 6.07 Å². The van der Waals surface area contributed by atoms with Gasteiger partial charge in [0.05, 0.1) is 0 Å². The van der Waals surface area contributed by atoms with E-state index in [1.54, 1.807) is 0 Å². The quantitative estimate of drug-likeness (QED) is 0.919. The van der Waals surface area contributed by atoms with Gasteiger partial charge >= 0.3 is 5.97 Å². The SMILES string of the molecule is Cl.O=C(O)[C@@H]1CCCN1CCC(=O)N1CCc2ccccc21. The summed E-state index contributed by atoms with van der Waals surface area (Å²) in [6.07, 6.45) is 2.88. The lowest BCUT2D eigenvalue weighted by Gasteiger charge is -2.23. The third-order valence-corrected chi connectivity index (χ3v) is 4.45. The van der Waals surface area contributed by atoms with Crippen molar-refractivity contribution in [1.29, 1.82) is 0 Å². The molecular weight excluding hydrogens is 304 g/mol. The van der Waals surface area contributed by atoms with Gasteiger partial charge in [0.25, 0.3) is 0 Å². The van der Waals surface area contributed by atoms with Crippen LogP contribution in [-0.4, -0.2) is 47.6 Å². The van der Waals surface area contributed by atoms with Crippen LogP contribution in [0.1, 0.15) is 24.8 Å². The lowest BCUT2D eigenvalue weighted by Crippen LogP contribution is -2.39. The maximum absolute atomic E-state index is 12.4. The zero-order valence-electron chi connectivity index (χ0n) is 12.4. The second kappa shape index (κ2) is 7.11. The van der Waals surface area contributed by atoms with Gasteiger partial charge in [-0.2, -0.15) is 0 Å². The third kappa shape index (κ3) is 3.25. The van der Waals surface area contributed by atoms with Crippen molar-refractivity contribution >= 4 is 30.0 Å². The van der Waals surface area contributed by atoms with E-state index in [0.29, 0.717) is 19.4 Å². The maximum atomic E-state index is 12.4. The summed E-state index contributed by atoms with van der Waals surface area (Å²) in [5.74, 6) is -0.678. The van der Waals surface area contributed by atoms with Crippen molar-refractivity contribution < 1.29 is 14.7 Å². The summed E-state index contributed by atoms with van der Waals surface area (Å²) in [5, 5.41) is 9.15. The first kappa shape index (κ1) is 16.8. The highest BCUT2D eigenvalue weighted by Gasteiger charge is 2.31. The second-order valence-electron chi connectivity index (χ2n) is 5.71. The van der Waals surface area contributed by atoms with Gasteiger partial charge in [-0.25, -0.2) is 0 Å². The molecule has 0 aromatic heterocycles. The lowest BCUT2D eigenvalue weighted by molar-refractivity contribution is -0.142. The molecule has 22 heavy (non-hydrogen) atoms. The Morgan fingerprint density at radius 3 is 2.77 bits per heavy atom. The van der Waals surface area contributed by atoms with E-state index in [-0.39, 0.29) is 18.3 Å². The summed E-state index contributed by atoms with van der Waals surface area (Å²) in [6.45, 7) is 2.05. The van der Waals surface area contributed by atoms with E-state index in [0.717, 1.165) is 31.6 Å². The molecule has 0 bridgehead atoms. The number of rotatable bonds is 4. The Morgan fingerprint density at radius 2 is 2.00 bits per heavy atom. The van der Waals surface area contributed by atoms with Crippen LogP contribution >= 0.6 is 12.4 Å². The Bertz CT molecular complexity index is 564. The number of hydrogen-bond donors (Lipinski definition) is 1. The number of carbonyl (C=O) groups is 2. The Labute approximate surface area is 136 Å². The molecule has 2 heterocycles. The number of anilines is 1. The molecular formula is C16H21ClN2O3. The van der Waals surface area contributed by atoms with Gasteiger partial charge in [0.2, 0.25) is 5.91 Å². The molecule has 6 heteroatoms. The lowest BCUT2D eigenvalue weighted by atomic mass is 10.2. The predicted octanol–water partition coefficient (Wildman–Crippen LogP) is 1.94. The third-order valence-electron chi connectivity index (χ3n) is 4.45. The number of para-hydroxylation sites is 1. The largest absolute Gasteiger partial charge is 0.480 e. The van der Waals surface area contributed by atoms with E-state index in [4.69, 9.17) is 5.11 Å². The molecule has 1 atom stereocenters. The number of carboxylic acid groups (broad SMARTS) is 1. The van der Waals surface area contributed by atoms with Gasteiger partial charge in [-0.15, -0.1) is 12.4 Å². The Kier molecular flexibility index (Phi) is 5.42. The fourth-order valence-electron chi connectivity index (χ4n) is 3.34. The molecule has 3 rings (SSSR count). The van der Waals surface area contributed by atoms with Crippen molar-refractivity contribution in [2.45, 2.75) is 31.7 Å². The number of aliphatic carboxylic acids is 1. The van der Waals surface area contributed by atoms with E-state index in [1.807, 2.05) is 28.0 Å². The molecule has 0 saturated carbocycles. The van der Waals surface area contributed by atoms with E-state index in [9.17, 15) is 9.59 Å². The normalized spacial score (nSPS) is 20.5. The molecule has 2 aliphatic rings. The summed E-state index contributed by atoms with van der Waals surface area (Å²) in [4.78, 5) is 27.3. The minimum Gasteiger partial charge on any atom is -0.480 e. The van der Waals surface area contributed by atoms with Gasteiger partial charge in [-0.1, -0.05) is 18.2 Å². The summed E-state index contributed by atoms with van der Waals surface area (Å²) < 4.78 is 0. The van der Waals surface area contributed by atoms with E-state index < -0.39 is 12.0 Å². The zero-order chi connectivity index (χ0) is 14.8. The van der Waals surface area contributed by atoms with Gasteiger partial charge in [0, 0.05) is 25.2 Å². The van der Waals surface area contributed by atoms with Crippen molar-refractivity contribution in [1.82, 2.24) is 4.90 Å². The molecule has 0 radical (unpaired) electrons. The Morgan fingerprint density at radius 1 is 1.23 bits per heavy atom. The molecule has 1 saturated heterocycles. The van der Waals surface area contributed by atoms with Crippen LogP contribution < -0.4 is 4.90 Å². The number of nitrogens with zero attached hydrogens (tertiary/aromatic N) is 2. The highest BCUT2D eigenvalue weighted by atomic mass is 35.5. The van der Waals surface area contributed by atoms with E-state index in [1.165, 1.54) is 5.56 Å². The van der Waals surface area contributed by atoms with Crippen LogP contribution in [0.3, 0.4) is 0 Å². The minimum absolute atomic E-state index is 0. The first-order valence-corrected chi connectivity index (χ1v) is 7.52. The predicted molar refractivity (Wildman–Crippen MR) is 86.6 cm³/mol. The number of halogens is 1. The molecule has 1 fully saturated rings. The average molecular weight is 325 g/mol. The van der Waals surface area contributed by atoms with Crippen LogP contribution in [0.25, 0.3) is 0 Å². The number of hydrogen-bond acceptors (Lipinski definition) is 3. The van der Waals surface area contributed by atoms with Gasteiger partial charge in [-0.05, 0) is 37.4 Å². The summed E-state index contributed by atoms with van der Waals surface area (Å²) >= 11 is 0. The molecule has 1 aromatic rings. The van der Waals surface area contributed by atoms with Crippen LogP contribution in [0.4, 0.5) is 5.69 Å². The van der Waals surface area contributed by atoms with Gasteiger partial charge in [-0.3, -0.25) is 14.5 Å². The monoisotopic (exact) mass is 324 g/mol. The molecule has 1 aromatic carbocycles. The Balaban J connectivity index is 0.00000176. The molecule has 5 nitrogen and oxygen atoms in total. The highest BCUT2D eigenvalue weighted by Crippen LogP contribution is 2.28. The molecule has 1 amide bonds. The highest BCUT2D eigenvalue weighted by molar-refractivity contribution is 5.95. The molecule has 2 aliphatic heterocycles. The molecule has 0 spiro atoms. The topological polar surface area (TPSA) is 60.9 Å². The number of carbonyl (C=O) groups excluding carboxylic acids is 1. The van der Waals surface area contributed by atoms with Gasteiger partial charge in [0.1, 0.15) is 6.04 Å². The molecule has 0 unspecified atom stereocenters. The zero-order valence-corrected chi connectivity index (χ0v) is 13.2. The van der Waals surface area contributed by atoms with Crippen LogP contribution in [0.5, 0.6) is 0 Å². The summed E-state index contributed by atoms with van der Waals surface area (Å²) in [7, 11) is 0. The van der Waals surface area contributed by atoms with Gasteiger partial charge < -0.3 is 10.0 Å². The number of likely N-dealkylation sites (tertiary alicyclic amines) is 1. The van der Waals surface area contributed by atoms with E-state index >= 15 is 0 Å². The number of benzene rings is 1. The van der Waals surface area contributed by atoms with Crippen molar-refractivity contribution in [3.8, 4) is 0 Å². The molecule has 0 aliphatic carbocycles. The smallest absolute Gasteiger partial charge is 0.320 e. The van der Waals surface area contributed by atoms with Crippen LogP contribution in [0.2, 0.25) is 0 Å². The van der Waals surface area contributed by atoms with Crippen molar-refractivity contribution in [2.75, 3.05) is 24.5 Å². The average Bonchev–Trinajstić information content (AvgIpc) is 3.11. The number of carboxylic acids is 1. The fraction of sp³-hybridized carbons (Fsp3) is 0.500. The van der Waals surface area contributed by atoms with Gasteiger partial charge in [0.15, 0.2) is 0 Å². The minimum atomic E-state index is -0.772. The van der Waals surface area contributed by atoms with Crippen LogP contribution in [0.15, 0.2) is 24.3 Å². The maximum Gasteiger partial charge on any atom is 0.320 e. The standard InChI is InChI=1S/C16H20N2O3.ClH/c19-15(8-10-17-9-3-6-14(17)16(20)21)18-11-7-12-4-1-2-5-13(12)18;/h1-2,4-5,14H,3,6-11H2,(H,20,21);1H/t14-;/m0./s1. The molecule has 1 N–H and O–H groups in total. The van der Waals surface area contributed by atoms with Crippen molar-refractivity contribution in [3.63, 3.8) is 0 Å². The summed E-state index contributed by atoms with van der Waals surface area (Å²) in [6, 6.07) is 7.57. The fourth-order valence-corrected chi connectivity index (χ4v) is 3.34. The van der Waals surface area contributed by atoms with Crippen molar-refractivity contribution in [2.24, 2.45) is 0 Å². The molecule has 120 valence electrons. The Hall–Kier alpha value is -1.59. The van der Waals surface area contributed by atoms with Crippen molar-refractivity contribution in [3.05, 3.63) is 29.8 Å². The first-order valence-electron chi connectivity index (χ1n) is 7.52. The van der Waals surface area contributed by atoms with Crippen LogP contribution in [0, 0.1) is 0 Å². The summed E-state index contributed by atoms with van der Waals surface area (Å²) in [5.41, 5.74) is 2.23. The van der Waals surface area contributed by atoms with Crippen LogP contribution in [-0.2, 0) is 16.0 Å². The number of fused-ring (bicyclic) bond motifs is 1. The number of amides is 1. The first-order chi connectivity index (χ1) is 10.2. The second-order valence-corrected chi connectivity index (χ2v) is 5.71.